The first-order chi connectivity index (χ1) is 12.1. The Morgan fingerprint density at radius 3 is 2.76 bits per heavy atom. The number of hydrogen-bond donors (Lipinski definition) is 1. The highest BCUT2D eigenvalue weighted by molar-refractivity contribution is 5.84. The predicted octanol–water partition coefficient (Wildman–Crippen LogP) is 1.15. The first-order valence-electron chi connectivity index (χ1n) is 8.74. The van der Waals surface area contributed by atoms with Gasteiger partial charge in [-0.1, -0.05) is 18.2 Å². The molecule has 1 unspecified atom stereocenters. The quantitative estimate of drug-likeness (QED) is 0.884. The van der Waals surface area contributed by atoms with Crippen LogP contribution in [0.25, 0.3) is 10.9 Å². The molecule has 2 heterocycles. The van der Waals surface area contributed by atoms with Crippen molar-refractivity contribution in [2.24, 2.45) is 0 Å². The van der Waals surface area contributed by atoms with E-state index in [1.165, 1.54) is 4.57 Å². The van der Waals surface area contributed by atoms with Gasteiger partial charge in [-0.05, 0) is 25.5 Å². The minimum atomic E-state index is -0.146. The lowest BCUT2D eigenvalue weighted by molar-refractivity contribution is -0.122. The topological polar surface area (TPSA) is 63.6 Å². The zero-order valence-corrected chi connectivity index (χ0v) is 14.8. The summed E-state index contributed by atoms with van der Waals surface area (Å²) in [6, 6.07) is 9.52. The first kappa shape index (κ1) is 17.6. The molecule has 1 atom stereocenters. The van der Waals surface area contributed by atoms with Gasteiger partial charge in [-0.25, -0.2) is 0 Å². The Hall–Kier alpha value is -2.18. The Morgan fingerprint density at radius 1 is 1.28 bits per heavy atom. The Balaban J connectivity index is 1.67. The molecule has 0 bridgehead atoms. The van der Waals surface area contributed by atoms with Crippen LogP contribution in [-0.4, -0.2) is 54.3 Å². The van der Waals surface area contributed by atoms with E-state index in [1.54, 1.807) is 6.07 Å². The standard InChI is InChI=1S/C19H25N3O3/c1-14-11-19(24)22(17-6-4-3-5-16(14)17)13-18(23)20-12-15(2)21-7-9-25-10-8-21/h3-6,11,15H,7-10,12-13H2,1-2H3,(H,20,23). The van der Waals surface area contributed by atoms with Gasteiger partial charge in [0.15, 0.2) is 0 Å². The van der Waals surface area contributed by atoms with Crippen molar-refractivity contribution in [2.75, 3.05) is 32.8 Å². The van der Waals surface area contributed by atoms with Gasteiger partial charge in [-0.2, -0.15) is 0 Å². The molecule has 1 aliphatic rings. The second-order valence-electron chi connectivity index (χ2n) is 6.57. The molecule has 1 saturated heterocycles. The van der Waals surface area contributed by atoms with Crippen LogP contribution in [0.4, 0.5) is 0 Å². The zero-order valence-electron chi connectivity index (χ0n) is 14.8. The van der Waals surface area contributed by atoms with Gasteiger partial charge in [0.25, 0.3) is 5.56 Å². The molecule has 1 aliphatic heterocycles. The van der Waals surface area contributed by atoms with Crippen LogP contribution in [0, 0.1) is 6.92 Å². The maximum absolute atomic E-state index is 12.4. The first-order valence-corrected chi connectivity index (χ1v) is 8.74. The van der Waals surface area contributed by atoms with E-state index in [2.05, 4.69) is 17.1 Å². The van der Waals surface area contributed by atoms with Crippen molar-refractivity contribution in [3.05, 3.63) is 46.2 Å². The predicted molar refractivity (Wildman–Crippen MR) is 97.8 cm³/mol. The number of hydrogen-bond acceptors (Lipinski definition) is 4. The third-order valence-corrected chi connectivity index (χ3v) is 4.79. The number of morpholine rings is 1. The van der Waals surface area contributed by atoms with E-state index in [9.17, 15) is 9.59 Å². The summed E-state index contributed by atoms with van der Waals surface area (Å²) < 4.78 is 6.89. The largest absolute Gasteiger partial charge is 0.379 e. The molecule has 2 aromatic rings. The molecule has 1 N–H and O–H groups in total. The Bertz CT molecular complexity index is 809. The van der Waals surface area contributed by atoms with Crippen LogP contribution < -0.4 is 10.9 Å². The number of carbonyl (C=O) groups is 1. The van der Waals surface area contributed by atoms with Gasteiger partial charge in [0.05, 0.1) is 18.7 Å². The molecule has 134 valence electrons. The normalized spacial score (nSPS) is 16.7. The van der Waals surface area contributed by atoms with Crippen molar-refractivity contribution in [1.29, 1.82) is 0 Å². The van der Waals surface area contributed by atoms with E-state index in [0.29, 0.717) is 6.54 Å². The van der Waals surface area contributed by atoms with Crippen molar-refractivity contribution in [2.45, 2.75) is 26.4 Å². The molecule has 1 aromatic heterocycles. The zero-order chi connectivity index (χ0) is 17.8. The van der Waals surface area contributed by atoms with Gasteiger partial charge in [-0.3, -0.25) is 19.1 Å². The summed E-state index contributed by atoms with van der Waals surface area (Å²) in [7, 11) is 0. The number of rotatable bonds is 5. The Kier molecular flexibility index (Phi) is 5.50. The van der Waals surface area contributed by atoms with E-state index in [-0.39, 0.29) is 24.1 Å². The van der Waals surface area contributed by atoms with E-state index in [1.807, 2.05) is 31.2 Å². The number of amides is 1. The van der Waals surface area contributed by atoms with Crippen LogP contribution in [0.1, 0.15) is 12.5 Å². The summed E-state index contributed by atoms with van der Waals surface area (Å²) in [4.78, 5) is 27.0. The van der Waals surface area contributed by atoms with E-state index < -0.39 is 0 Å². The van der Waals surface area contributed by atoms with E-state index in [0.717, 1.165) is 42.8 Å². The van der Waals surface area contributed by atoms with Crippen molar-refractivity contribution in [1.82, 2.24) is 14.8 Å². The number of fused-ring (bicyclic) bond motifs is 1. The molecule has 1 aromatic carbocycles. The van der Waals surface area contributed by atoms with E-state index >= 15 is 0 Å². The average Bonchev–Trinajstić information content (AvgIpc) is 2.64. The minimum Gasteiger partial charge on any atom is -0.379 e. The lowest BCUT2D eigenvalue weighted by Crippen LogP contribution is -2.47. The molecule has 0 radical (unpaired) electrons. The van der Waals surface area contributed by atoms with Crippen LogP contribution >= 0.6 is 0 Å². The van der Waals surface area contributed by atoms with E-state index in [4.69, 9.17) is 4.74 Å². The second kappa shape index (κ2) is 7.80. The fraction of sp³-hybridized carbons (Fsp3) is 0.474. The minimum absolute atomic E-state index is 0.0372. The van der Waals surface area contributed by atoms with Gasteiger partial charge >= 0.3 is 0 Å². The fourth-order valence-corrected chi connectivity index (χ4v) is 3.27. The Labute approximate surface area is 147 Å². The molecule has 3 rings (SSSR count). The fourth-order valence-electron chi connectivity index (χ4n) is 3.27. The van der Waals surface area contributed by atoms with Gasteiger partial charge in [0.2, 0.25) is 5.91 Å². The maximum Gasteiger partial charge on any atom is 0.251 e. The van der Waals surface area contributed by atoms with Crippen molar-refractivity contribution >= 4 is 16.8 Å². The number of nitrogens with zero attached hydrogens (tertiary/aromatic N) is 2. The summed E-state index contributed by atoms with van der Waals surface area (Å²) in [6.07, 6.45) is 0. The number of aryl methyl sites for hydroxylation is 1. The van der Waals surface area contributed by atoms with Crippen molar-refractivity contribution in [3.8, 4) is 0 Å². The molecular formula is C19H25N3O3. The summed E-state index contributed by atoms with van der Waals surface area (Å²) in [5.74, 6) is -0.142. The molecule has 1 amide bonds. The highest BCUT2D eigenvalue weighted by Gasteiger charge is 2.18. The van der Waals surface area contributed by atoms with Crippen molar-refractivity contribution in [3.63, 3.8) is 0 Å². The summed E-state index contributed by atoms with van der Waals surface area (Å²) in [5, 5.41) is 3.95. The maximum atomic E-state index is 12.4. The lowest BCUT2D eigenvalue weighted by Gasteiger charge is -2.32. The number of benzene rings is 1. The van der Waals surface area contributed by atoms with Crippen LogP contribution in [0.5, 0.6) is 0 Å². The molecular weight excluding hydrogens is 318 g/mol. The molecule has 6 nitrogen and oxygen atoms in total. The number of para-hydroxylation sites is 1. The van der Waals surface area contributed by atoms with Gasteiger partial charge in [0.1, 0.15) is 6.54 Å². The lowest BCUT2D eigenvalue weighted by atomic mass is 10.1. The number of ether oxygens (including phenoxy) is 1. The molecule has 0 aliphatic carbocycles. The van der Waals surface area contributed by atoms with Gasteiger partial charge in [-0.15, -0.1) is 0 Å². The number of aromatic nitrogens is 1. The summed E-state index contributed by atoms with van der Waals surface area (Å²) in [6.45, 7) is 7.87. The third kappa shape index (κ3) is 4.08. The van der Waals surface area contributed by atoms with Crippen LogP contribution in [0.15, 0.2) is 35.1 Å². The highest BCUT2D eigenvalue weighted by Crippen LogP contribution is 2.15. The molecule has 0 spiro atoms. The number of carbonyl (C=O) groups excluding carboxylic acids is 1. The smallest absolute Gasteiger partial charge is 0.251 e. The molecule has 1 fully saturated rings. The van der Waals surface area contributed by atoms with Crippen LogP contribution in [0.3, 0.4) is 0 Å². The molecule has 25 heavy (non-hydrogen) atoms. The average molecular weight is 343 g/mol. The number of pyridine rings is 1. The monoisotopic (exact) mass is 343 g/mol. The third-order valence-electron chi connectivity index (χ3n) is 4.79. The second-order valence-corrected chi connectivity index (χ2v) is 6.57. The van der Waals surface area contributed by atoms with Gasteiger partial charge in [0, 0.05) is 37.1 Å². The number of nitrogens with one attached hydrogen (secondary N) is 1. The van der Waals surface area contributed by atoms with Crippen LogP contribution in [-0.2, 0) is 16.1 Å². The highest BCUT2D eigenvalue weighted by atomic mass is 16.5. The van der Waals surface area contributed by atoms with Crippen molar-refractivity contribution < 1.29 is 9.53 Å². The SMILES string of the molecule is Cc1cc(=O)n(CC(=O)NCC(C)N2CCOCC2)c2ccccc12. The Morgan fingerprint density at radius 2 is 2.00 bits per heavy atom. The van der Waals surface area contributed by atoms with Crippen LogP contribution in [0.2, 0.25) is 0 Å². The summed E-state index contributed by atoms with van der Waals surface area (Å²) >= 11 is 0. The summed E-state index contributed by atoms with van der Waals surface area (Å²) in [5.41, 5.74) is 1.58. The molecule has 6 heteroatoms. The van der Waals surface area contributed by atoms with Gasteiger partial charge < -0.3 is 10.1 Å². The molecule has 0 saturated carbocycles.